The van der Waals surface area contributed by atoms with Crippen LogP contribution in [0.4, 0.5) is 0 Å². The average Bonchev–Trinajstić information content (AvgIpc) is 2.71. The van der Waals surface area contributed by atoms with Crippen molar-refractivity contribution >= 4 is 5.91 Å². The van der Waals surface area contributed by atoms with Gasteiger partial charge in [0.25, 0.3) is 0 Å². The number of benzene rings is 2. The summed E-state index contributed by atoms with van der Waals surface area (Å²) in [6.45, 7) is 7.91. The molecule has 0 fully saturated rings. The van der Waals surface area contributed by atoms with Gasteiger partial charge in [0.15, 0.2) is 11.5 Å². The highest BCUT2D eigenvalue weighted by atomic mass is 16.5. The van der Waals surface area contributed by atoms with E-state index in [0.29, 0.717) is 18.1 Å². The van der Waals surface area contributed by atoms with Crippen LogP contribution in [0.25, 0.3) is 0 Å². The fourth-order valence-corrected chi connectivity index (χ4v) is 2.78. The van der Waals surface area contributed by atoms with Gasteiger partial charge >= 0.3 is 0 Å². The predicted octanol–water partition coefficient (Wildman–Crippen LogP) is 4.27. The molecule has 1 N–H and O–H groups in total. The van der Waals surface area contributed by atoms with E-state index in [2.05, 4.69) is 5.32 Å². The summed E-state index contributed by atoms with van der Waals surface area (Å²) < 4.78 is 22.1. The Morgan fingerprint density at radius 2 is 1.72 bits per heavy atom. The van der Waals surface area contributed by atoms with Crippen molar-refractivity contribution < 1.29 is 23.7 Å². The van der Waals surface area contributed by atoms with E-state index in [1.165, 1.54) is 0 Å². The van der Waals surface area contributed by atoms with Crippen molar-refractivity contribution in [2.45, 2.75) is 52.6 Å². The Kier molecular flexibility index (Phi) is 8.34. The van der Waals surface area contributed by atoms with Gasteiger partial charge in [-0.1, -0.05) is 18.2 Å². The molecular formula is C23H31NO5. The topological polar surface area (TPSA) is 66.0 Å². The van der Waals surface area contributed by atoms with Crippen LogP contribution in [0.5, 0.6) is 17.2 Å². The summed E-state index contributed by atoms with van der Waals surface area (Å²) in [5, 5.41) is 2.98. The first-order chi connectivity index (χ1) is 13.8. The normalized spacial score (nSPS) is 12.9. The molecular weight excluding hydrogens is 370 g/mol. The van der Waals surface area contributed by atoms with E-state index in [1.807, 2.05) is 63.2 Å². The molecule has 0 bridgehead atoms. The minimum Gasteiger partial charge on any atom is -0.497 e. The van der Waals surface area contributed by atoms with Gasteiger partial charge < -0.3 is 24.3 Å². The van der Waals surface area contributed by atoms with E-state index in [9.17, 15) is 4.79 Å². The minimum atomic E-state index is -0.589. The molecule has 2 aromatic rings. The van der Waals surface area contributed by atoms with Crippen molar-refractivity contribution in [3.63, 3.8) is 0 Å². The maximum atomic E-state index is 12.5. The second kappa shape index (κ2) is 10.7. The highest BCUT2D eigenvalue weighted by Gasteiger charge is 2.18. The number of carbonyl (C=O) groups is 1. The quantitative estimate of drug-likeness (QED) is 0.644. The monoisotopic (exact) mass is 401 g/mol. The Balaban J connectivity index is 1.94. The predicted molar refractivity (Wildman–Crippen MR) is 113 cm³/mol. The summed E-state index contributed by atoms with van der Waals surface area (Å²) >= 11 is 0. The van der Waals surface area contributed by atoms with Crippen LogP contribution in [0.1, 0.15) is 44.9 Å². The third-order valence-electron chi connectivity index (χ3n) is 4.41. The van der Waals surface area contributed by atoms with Crippen LogP contribution in [0.2, 0.25) is 0 Å². The number of hydrogen-bond donors (Lipinski definition) is 1. The molecule has 2 atom stereocenters. The first kappa shape index (κ1) is 22.6. The van der Waals surface area contributed by atoms with Gasteiger partial charge in [-0.25, -0.2) is 0 Å². The Morgan fingerprint density at radius 3 is 2.38 bits per heavy atom. The van der Waals surface area contributed by atoms with Crippen molar-refractivity contribution in [1.29, 1.82) is 0 Å². The van der Waals surface area contributed by atoms with E-state index in [-0.39, 0.29) is 18.1 Å². The molecule has 2 aromatic carbocycles. The number of rotatable bonds is 10. The molecule has 1 amide bonds. The van der Waals surface area contributed by atoms with Gasteiger partial charge in [-0.15, -0.1) is 0 Å². The third kappa shape index (κ3) is 6.68. The zero-order chi connectivity index (χ0) is 21.4. The molecule has 0 aromatic heterocycles. The zero-order valence-corrected chi connectivity index (χ0v) is 18.0. The molecule has 2 unspecified atom stereocenters. The van der Waals surface area contributed by atoms with Gasteiger partial charge in [0.2, 0.25) is 5.91 Å². The fraction of sp³-hybridized carbons (Fsp3) is 0.435. The number of ether oxygens (including phenoxy) is 4. The Hall–Kier alpha value is -2.73. The number of methoxy groups -OCH3 is 2. The van der Waals surface area contributed by atoms with Crippen molar-refractivity contribution in [3.05, 3.63) is 53.6 Å². The highest BCUT2D eigenvalue weighted by molar-refractivity contribution is 5.80. The molecule has 6 heteroatoms. The lowest BCUT2D eigenvalue weighted by Crippen LogP contribution is -2.36. The number of hydrogen-bond acceptors (Lipinski definition) is 5. The molecule has 6 nitrogen and oxygen atoms in total. The van der Waals surface area contributed by atoms with Gasteiger partial charge in [-0.05, 0) is 63.1 Å². The molecule has 158 valence electrons. The summed E-state index contributed by atoms with van der Waals surface area (Å²) in [7, 11) is 3.22. The smallest absolute Gasteiger partial charge is 0.249 e. The number of amides is 1. The summed E-state index contributed by atoms with van der Waals surface area (Å²) in [6.07, 6.45) is -0.538. The average molecular weight is 402 g/mol. The minimum absolute atomic E-state index is 0.0504. The third-order valence-corrected chi connectivity index (χ3v) is 4.41. The number of carbonyl (C=O) groups excluding carboxylic acids is 1. The van der Waals surface area contributed by atoms with E-state index >= 15 is 0 Å². The van der Waals surface area contributed by atoms with Gasteiger partial charge in [0.1, 0.15) is 11.9 Å². The summed E-state index contributed by atoms with van der Waals surface area (Å²) in [5.74, 6) is 1.90. The van der Waals surface area contributed by atoms with Gasteiger partial charge in [-0.3, -0.25) is 4.79 Å². The molecule has 2 rings (SSSR count). The van der Waals surface area contributed by atoms with E-state index in [4.69, 9.17) is 18.9 Å². The van der Waals surface area contributed by atoms with Crippen LogP contribution in [-0.2, 0) is 16.1 Å². The summed E-state index contributed by atoms with van der Waals surface area (Å²) in [6, 6.07) is 13.0. The van der Waals surface area contributed by atoms with E-state index < -0.39 is 6.10 Å². The largest absolute Gasteiger partial charge is 0.497 e. The highest BCUT2D eigenvalue weighted by Crippen LogP contribution is 2.31. The van der Waals surface area contributed by atoms with Crippen molar-refractivity contribution in [2.75, 3.05) is 14.2 Å². The Morgan fingerprint density at radius 1 is 0.966 bits per heavy atom. The maximum absolute atomic E-state index is 12.5. The zero-order valence-electron chi connectivity index (χ0n) is 18.0. The molecule has 0 spiro atoms. The molecule has 29 heavy (non-hydrogen) atoms. The molecule has 0 radical (unpaired) electrons. The van der Waals surface area contributed by atoms with Gasteiger partial charge in [0.05, 0.1) is 33.0 Å². The Bertz CT molecular complexity index is 806. The first-order valence-corrected chi connectivity index (χ1v) is 9.73. The van der Waals surface area contributed by atoms with Crippen LogP contribution in [0, 0.1) is 0 Å². The standard InChI is InChI=1S/C23H31NO5/c1-15(2)29-21-11-10-19(13-22(21)27-6)16(3)24-23(25)17(4)28-14-18-8-7-9-20(12-18)26-5/h7-13,15-17H,14H2,1-6H3,(H,24,25). The van der Waals surface area contributed by atoms with Crippen LogP contribution in [0.15, 0.2) is 42.5 Å². The van der Waals surface area contributed by atoms with E-state index in [0.717, 1.165) is 16.9 Å². The summed E-state index contributed by atoms with van der Waals surface area (Å²) in [5.41, 5.74) is 1.87. The second-order valence-electron chi connectivity index (χ2n) is 7.11. The SMILES string of the molecule is COc1cccc(COC(C)C(=O)NC(C)c2ccc(OC(C)C)c(OC)c2)c1. The van der Waals surface area contributed by atoms with Gasteiger partial charge in [0, 0.05) is 0 Å². The van der Waals surface area contributed by atoms with Crippen LogP contribution >= 0.6 is 0 Å². The molecule has 0 aliphatic heterocycles. The lowest BCUT2D eigenvalue weighted by Gasteiger charge is -2.20. The van der Waals surface area contributed by atoms with Crippen LogP contribution < -0.4 is 19.5 Å². The van der Waals surface area contributed by atoms with Crippen molar-refractivity contribution in [1.82, 2.24) is 5.32 Å². The lowest BCUT2D eigenvalue weighted by molar-refractivity contribution is -0.133. The maximum Gasteiger partial charge on any atom is 0.249 e. The molecule has 0 saturated heterocycles. The van der Waals surface area contributed by atoms with E-state index in [1.54, 1.807) is 21.1 Å². The van der Waals surface area contributed by atoms with Crippen LogP contribution in [0.3, 0.4) is 0 Å². The molecule has 0 saturated carbocycles. The number of nitrogens with one attached hydrogen (secondary N) is 1. The van der Waals surface area contributed by atoms with Crippen LogP contribution in [-0.4, -0.2) is 32.3 Å². The molecule has 0 aliphatic carbocycles. The van der Waals surface area contributed by atoms with Crippen molar-refractivity contribution in [3.8, 4) is 17.2 Å². The fourth-order valence-electron chi connectivity index (χ4n) is 2.78. The van der Waals surface area contributed by atoms with Gasteiger partial charge in [-0.2, -0.15) is 0 Å². The second-order valence-corrected chi connectivity index (χ2v) is 7.11. The Labute approximate surface area is 173 Å². The molecule has 0 heterocycles. The summed E-state index contributed by atoms with van der Waals surface area (Å²) in [4.78, 5) is 12.5. The van der Waals surface area contributed by atoms with Crippen molar-refractivity contribution in [2.24, 2.45) is 0 Å². The molecule has 0 aliphatic rings. The lowest BCUT2D eigenvalue weighted by atomic mass is 10.1. The first-order valence-electron chi connectivity index (χ1n) is 9.73.